The van der Waals surface area contributed by atoms with E-state index in [2.05, 4.69) is 5.32 Å². The zero-order chi connectivity index (χ0) is 20.3. The van der Waals surface area contributed by atoms with Crippen LogP contribution in [0.2, 0.25) is 0 Å². The Hall–Kier alpha value is -4.21. The molecule has 0 unspecified atom stereocenters. The molecule has 28 heavy (non-hydrogen) atoms. The summed E-state index contributed by atoms with van der Waals surface area (Å²) < 4.78 is 10.3. The van der Waals surface area contributed by atoms with E-state index in [1.54, 1.807) is 6.07 Å². The number of nitrogens with zero attached hydrogens (tertiary/aromatic N) is 2. The number of methoxy groups -OCH3 is 1. The molecule has 1 amide bonds. The molecule has 1 heterocycles. The van der Waals surface area contributed by atoms with Gasteiger partial charge in [-0.15, -0.1) is 0 Å². The summed E-state index contributed by atoms with van der Waals surface area (Å²) in [7, 11) is 1.30. The Kier molecular flexibility index (Phi) is 5.03. The number of benzene rings is 2. The third-order valence-corrected chi connectivity index (χ3v) is 3.83. The molecule has 10 nitrogen and oxygen atoms in total. The van der Waals surface area contributed by atoms with E-state index in [4.69, 9.17) is 9.15 Å². The summed E-state index contributed by atoms with van der Waals surface area (Å²) in [6.45, 7) is 0. The van der Waals surface area contributed by atoms with Crippen LogP contribution < -0.4 is 10.1 Å². The molecule has 0 saturated heterocycles. The van der Waals surface area contributed by atoms with E-state index in [9.17, 15) is 25.0 Å². The van der Waals surface area contributed by atoms with Gasteiger partial charge in [-0.25, -0.2) is 0 Å². The minimum Gasteiger partial charge on any atom is -0.490 e. The van der Waals surface area contributed by atoms with Gasteiger partial charge in [0.2, 0.25) is 0 Å². The van der Waals surface area contributed by atoms with E-state index < -0.39 is 15.8 Å². The van der Waals surface area contributed by atoms with Gasteiger partial charge in [-0.1, -0.05) is 12.1 Å². The van der Waals surface area contributed by atoms with Crippen LogP contribution in [0.1, 0.15) is 10.6 Å². The van der Waals surface area contributed by atoms with Crippen LogP contribution in [-0.2, 0) is 0 Å². The SMILES string of the molecule is COc1ccc(NC(=O)c2ccc(-c3ccccc3[N+](=O)[O-])o2)cc1[N+](=O)[O-]. The lowest BCUT2D eigenvalue weighted by Crippen LogP contribution is -2.11. The Bertz CT molecular complexity index is 1070. The monoisotopic (exact) mass is 383 g/mol. The Morgan fingerprint density at radius 3 is 2.39 bits per heavy atom. The highest BCUT2D eigenvalue weighted by molar-refractivity contribution is 6.02. The van der Waals surface area contributed by atoms with Crippen LogP contribution >= 0.6 is 0 Å². The number of ether oxygens (including phenoxy) is 1. The maximum absolute atomic E-state index is 12.4. The van der Waals surface area contributed by atoms with Crippen molar-refractivity contribution < 1.29 is 23.8 Å². The first-order valence-electron chi connectivity index (χ1n) is 7.88. The molecular weight excluding hydrogens is 370 g/mol. The number of furan rings is 1. The van der Waals surface area contributed by atoms with Crippen molar-refractivity contribution in [3.05, 3.63) is 80.6 Å². The van der Waals surface area contributed by atoms with Crippen molar-refractivity contribution >= 4 is 23.0 Å². The normalized spacial score (nSPS) is 10.3. The summed E-state index contributed by atoms with van der Waals surface area (Å²) >= 11 is 0. The Morgan fingerprint density at radius 1 is 1.00 bits per heavy atom. The molecule has 1 aromatic heterocycles. The van der Waals surface area contributed by atoms with Gasteiger partial charge in [-0.3, -0.25) is 25.0 Å². The number of para-hydroxylation sites is 1. The molecule has 0 aliphatic carbocycles. The Morgan fingerprint density at radius 2 is 1.71 bits per heavy atom. The van der Waals surface area contributed by atoms with Gasteiger partial charge in [0.25, 0.3) is 11.6 Å². The molecule has 0 atom stereocenters. The first-order valence-corrected chi connectivity index (χ1v) is 7.88. The molecule has 1 N–H and O–H groups in total. The molecule has 142 valence electrons. The number of nitro groups is 2. The van der Waals surface area contributed by atoms with Crippen molar-refractivity contribution in [3.8, 4) is 17.1 Å². The van der Waals surface area contributed by atoms with Gasteiger partial charge >= 0.3 is 5.69 Å². The van der Waals surface area contributed by atoms with Crippen molar-refractivity contribution in [2.75, 3.05) is 12.4 Å². The predicted molar refractivity (Wildman–Crippen MR) is 98.4 cm³/mol. The number of hydrogen-bond acceptors (Lipinski definition) is 7. The van der Waals surface area contributed by atoms with Crippen LogP contribution in [0.5, 0.6) is 5.75 Å². The van der Waals surface area contributed by atoms with Crippen molar-refractivity contribution in [1.29, 1.82) is 0 Å². The zero-order valence-electron chi connectivity index (χ0n) is 14.4. The quantitative estimate of drug-likeness (QED) is 0.501. The number of anilines is 1. The fourth-order valence-electron chi connectivity index (χ4n) is 2.55. The molecule has 2 aromatic carbocycles. The fourth-order valence-corrected chi connectivity index (χ4v) is 2.55. The van der Waals surface area contributed by atoms with E-state index in [0.29, 0.717) is 0 Å². The van der Waals surface area contributed by atoms with Gasteiger partial charge in [0.05, 0.1) is 22.5 Å². The number of nitro benzene ring substituents is 2. The van der Waals surface area contributed by atoms with Crippen molar-refractivity contribution in [1.82, 2.24) is 0 Å². The molecule has 10 heteroatoms. The molecule has 3 aromatic rings. The first-order chi connectivity index (χ1) is 13.4. The molecule has 0 aliphatic rings. The standard InChI is InChI=1S/C18H13N3O7/c1-27-16-7-6-11(10-14(16)21(25)26)19-18(22)17-9-8-15(28-17)12-4-2-3-5-13(12)20(23)24/h2-10H,1H3,(H,19,22). The molecular formula is C18H13N3O7. The molecule has 0 spiro atoms. The average Bonchev–Trinajstić information content (AvgIpc) is 3.18. The zero-order valence-corrected chi connectivity index (χ0v) is 14.4. The molecule has 0 saturated carbocycles. The number of hydrogen-bond donors (Lipinski definition) is 1. The van der Waals surface area contributed by atoms with E-state index >= 15 is 0 Å². The molecule has 0 bridgehead atoms. The van der Waals surface area contributed by atoms with Crippen molar-refractivity contribution in [3.63, 3.8) is 0 Å². The maximum atomic E-state index is 12.4. The summed E-state index contributed by atoms with van der Waals surface area (Å²) in [5.41, 5.74) is -0.0669. The van der Waals surface area contributed by atoms with E-state index in [1.807, 2.05) is 0 Å². The third kappa shape index (κ3) is 3.65. The van der Waals surface area contributed by atoms with Crippen LogP contribution in [0.25, 0.3) is 11.3 Å². The number of rotatable bonds is 6. The molecule has 0 fully saturated rings. The lowest BCUT2D eigenvalue weighted by molar-refractivity contribution is -0.385. The summed E-state index contributed by atoms with van der Waals surface area (Å²) in [5, 5.41) is 24.7. The number of carbonyl (C=O) groups is 1. The molecule has 0 aliphatic heterocycles. The predicted octanol–water partition coefficient (Wildman–Crippen LogP) is 4.02. The molecule has 3 rings (SSSR count). The van der Waals surface area contributed by atoms with Gasteiger partial charge < -0.3 is 14.5 Å². The van der Waals surface area contributed by atoms with E-state index in [1.165, 1.54) is 49.6 Å². The van der Waals surface area contributed by atoms with Crippen LogP contribution in [0.3, 0.4) is 0 Å². The highest BCUT2D eigenvalue weighted by Crippen LogP contribution is 2.32. The fraction of sp³-hybridized carbons (Fsp3) is 0.0556. The highest BCUT2D eigenvalue weighted by atomic mass is 16.6. The third-order valence-electron chi connectivity index (χ3n) is 3.83. The van der Waals surface area contributed by atoms with Gasteiger partial charge in [-0.05, 0) is 30.3 Å². The lowest BCUT2D eigenvalue weighted by atomic mass is 10.1. The minimum atomic E-state index is -0.663. The van der Waals surface area contributed by atoms with E-state index in [0.717, 1.165) is 6.07 Å². The van der Waals surface area contributed by atoms with Gasteiger partial charge in [0, 0.05) is 17.8 Å². The summed E-state index contributed by atoms with van der Waals surface area (Å²) in [6.07, 6.45) is 0. The largest absolute Gasteiger partial charge is 0.490 e. The van der Waals surface area contributed by atoms with Crippen LogP contribution in [-0.4, -0.2) is 22.9 Å². The first kappa shape index (κ1) is 18.6. The van der Waals surface area contributed by atoms with Crippen LogP contribution in [0.15, 0.2) is 59.0 Å². The number of amides is 1. The smallest absolute Gasteiger partial charge is 0.312 e. The second-order valence-electron chi connectivity index (χ2n) is 5.54. The minimum absolute atomic E-state index is 0.0553. The number of carbonyl (C=O) groups excluding carboxylic acids is 1. The molecule has 0 radical (unpaired) electrons. The lowest BCUT2D eigenvalue weighted by Gasteiger charge is -2.06. The van der Waals surface area contributed by atoms with Crippen molar-refractivity contribution in [2.24, 2.45) is 0 Å². The van der Waals surface area contributed by atoms with Gasteiger partial charge in [0.15, 0.2) is 11.5 Å². The second kappa shape index (κ2) is 7.58. The summed E-state index contributed by atoms with van der Waals surface area (Å²) in [5.74, 6) is -0.561. The topological polar surface area (TPSA) is 138 Å². The second-order valence-corrected chi connectivity index (χ2v) is 5.54. The summed E-state index contributed by atoms with van der Waals surface area (Å²) in [4.78, 5) is 33.4. The maximum Gasteiger partial charge on any atom is 0.312 e. The van der Waals surface area contributed by atoms with Crippen molar-refractivity contribution in [2.45, 2.75) is 0 Å². The summed E-state index contributed by atoms with van der Waals surface area (Å²) in [6, 6.07) is 12.7. The van der Waals surface area contributed by atoms with Crippen LogP contribution in [0.4, 0.5) is 17.1 Å². The average molecular weight is 383 g/mol. The number of nitrogens with one attached hydrogen (secondary N) is 1. The van der Waals surface area contributed by atoms with Gasteiger partial charge in [-0.2, -0.15) is 0 Å². The highest BCUT2D eigenvalue weighted by Gasteiger charge is 2.20. The van der Waals surface area contributed by atoms with Crippen LogP contribution in [0, 0.1) is 20.2 Å². The van der Waals surface area contributed by atoms with Gasteiger partial charge in [0.1, 0.15) is 5.76 Å². The Labute approximate surface area is 157 Å². The van der Waals surface area contributed by atoms with E-state index in [-0.39, 0.29) is 39.9 Å². The Balaban J connectivity index is 1.85.